The molecule has 0 saturated carbocycles. The Labute approximate surface area is 206 Å². The standard InChI is InChI=1S/C25H22F2N4O4S/c1-4-31-14-18(16-9-11-28-12-10-16)24(30-31)23-15(2)20(29-25(32)35-3)7-8-21(23)36(33,34)22-13-17(26)5-6-19(22)27/h5-14H,4H2,1-3H3,(H,29,32). The first-order valence-corrected chi connectivity index (χ1v) is 12.3. The van der Waals surface area contributed by atoms with E-state index in [1.165, 1.54) is 19.2 Å². The van der Waals surface area contributed by atoms with Gasteiger partial charge < -0.3 is 4.74 Å². The van der Waals surface area contributed by atoms with Gasteiger partial charge in [-0.15, -0.1) is 0 Å². The van der Waals surface area contributed by atoms with Crippen molar-refractivity contribution in [3.05, 3.63) is 78.3 Å². The zero-order valence-electron chi connectivity index (χ0n) is 19.6. The Kier molecular flexibility index (Phi) is 6.84. The number of amides is 1. The van der Waals surface area contributed by atoms with Crippen LogP contribution in [0.15, 0.2) is 70.8 Å². The zero-order chi connectivity index (χ0) is 26.0. The first kappa shape index (κ1) is 25.0. The van der Waals surface area contributed by atoms with Crippen LogP contribution in [-0.2, 0) is 21.1 Å². The lowest BCUT2D eigenvalue weighted by atomic mass is 9.98. The van der Waals surface area contributed by atoms with Crippen molar-refractivity contribution in [2.24, 2.45) is 0 Å². The molecule has 0 fully saturated rings. The van der Waals surface area contributed by atoms with Gasteiger partial charge in [0.25, 0.3) is 0 Å². The number of aryl methyl sites for hydroxylation is 1. The van der Waals surface area contributed by atoms with E-state index in [0.29, 0.717) is 29.3 Å². The molecule has 0 bridgehead atoms. The van der Waals surface area contributed by atoms with Crippen LogP contribution in [0.3, 0.4) is 0 Å². The third-order valence-electron chi connectivity index (χ3n) is 5.63. The largest absolute Gasteiger partial charge is 0.453 e. The summed E-state index contributed by atoms with van der Waals surface area (Å²) in [6.07, 6.45) is 4.17. The molecule has 0 spiro atoms. The third-order valence-corrected chi connectivity index (χ3v) is 7.45. The molecule has 0 unspecified atom stereocenters. The molecule has 0 radical (unpaired) electrons. The van der Waals surface area contributed by atoms with Crippen LogP contribution >= 0.6 is 0 Å². The summed E-state index contributed by atoms with van der Waals surface area (Å²) in [5, 5.41) is 7.16. The van der Waals surface area contributed by atoms with E-state index >= 15 is 0 Å². The quantitative estimate of drug-likeness (QED) is 0.380. The molecule has 0 aliphatic rings. The number of sulfone groups is 1. The highest BCUT2D eigenvalue weighted by Crippen LogP contribution is 2.41. The number of methoxy groups -OCH3 is 1. The summed E-state index contributed by atoms with van der Waals surface area (Å²) in [6.45, 7) is 3.95. The number of benzene rings is 2. The maximum Gasteiger partial charge on any atom is 0.411 e. The van der Waals surface area contributed by atoms with Crippen LogP contribution in [0.4, 0.5) is 19.3 Å². The predicted molar refractivity (Wildman–Crippen MR) is 129 cm³/mol. The average Bonchev–Trinajstić information content (AvgIpc) is 3.31. The Morgan fingerprint density at radius 2 is 1.81 bits per heavy atom. The molecule has 4 rings (SSSR count). The molecule has 0 aliphatic carbocycles. The molecular weight excluding hydrogens is 490 g/mol. The number of anilines is 1. The van der Waals surface area contributed by atoms with Crippen molar-refractivity contribution in [3.8, 4) is 22.4 Å². The molecule has 186 valence electrons. The molecule has 2 heterocycles. The number of rotatable bonds is 6. The molecule has 11 heteroatoms. The van der Waals surface area contributed by atoms with Gasteiger partial charge >= 0.3 is 6.09 Å². The van der Waals surface area contributed by atoms with Crippen LogP contribution < -0.4 is 5.32 Å². The van der Waals surface area contributed by atoms with Crippen LogP contribution in [0.1, 0.15) is 12.5 Å². The van der Waals surface area contributed by atoms with Gasteiger partial charge in [-0.25, -0.2) is 22.0 Å². The van der Waals surface area contributed by atoms with E-state index < -0.39 is 32.5 Å². The van der Waals surface area contributed by atoms with Crippen molar-refractivity contribution in [2.75, 3.05) is 12.4 Å². The van der Waals surface area contributed by atoms with Gasteiger partial charge in [0.1, 0.15) is 22.2 Å². The van der Waals surface area contributed by atoms with Crippen LogP contribution in [-0.4, -0.2) is 36.4 Å². The van der Waals surface area contributed by atoms with Gasteiger partial charge in [-0.1, -0.05) is 0 Å². The molecule has 2 aromatic heterocycles. The molecule has 36 heavy (non-hydrogen) atoms. The monoisotopic (exact) mass is 512 g/mol. The van der Waals surface area contributed by atoms with Crippen LogP contribution in [0.2, 0.25) is 0 Å². The number of carbonyl (C=O) groups is 1. The summed E-state index contributed by atoms with van der Waals surface area (Å²) in [5.41, 5.74) is 2.33. The molecule has 0 saturated heterocycles. The number of carbonyl (C=O) groups excluding carboxylic acids is 1. The number of aromatic nitrogens is 3. The summed E-state index contributed by atoms with van der Waals surface area (Å²) < 4.78 is 62.3. The van der Waals surface area contributed by atoms with Gasteiger partial charge in [-0.2, -0.15) is 5.10 Å². The minimum Gasteiger partial charge on any atom is -0.453 e. The second-order valence-electron chi connectivity index (χ2n) is 7.79. The van der Waals surface area contributed by atoms with Crippen LogP contribution in [0, 0.1) is 18.6 Å². The van der Waals surface area contributed by atoms with E-state index in [1.54, 1.807) is 42.3 Å². The van der Waals surface area contributed by atoms with Crippen molar-refractivity contribution in [3.63, 3.8) is 0 Å². The van der Waals surface area contributed by atoms with Gasteiger partial charge in [0.15, 0.2) is 0 Å². The second kappa shape index (κ2) is 9.86. The number of hydrogen-bond donors (Lipinski definition) is 1. The number of halogens is 2. The maximum atomic E-state index is 14.6. The predicted octanol–water partition coefficient (Wildman–Crippen LogP) is 5.23. The van der Waals surface area contributed by atoms with Gasteiger partial charge in [0.2, 0.25) is 9.84 Å². The number of nitrogens with zero attached hydrogens (tertiary/aromatic N) is 3. The van der Waals surface area contributed by atoms with Crippen molar-refractivity contribution in [2.45, 2.75) is 30.2 Å². The zero-order valence-corrected chi connectivity index (χ0v) is 20.4. The van der Waals surface area contributed by atoms with E-state index in [2.05, 4.69) is 20.1 Å². The molecule has 2 aromatic carbocycles. The number of pyridine rings is 1. The highest BCUT2D eigenvalue weighted by molar-refractivity contribution is 7.91. The lowest BCUT2D eigenvalue weighted by molar-refractivity contribution is 0.187. The van der Waals surface area contributed by atoms with Gasteiger partial charge in [-0.05, 0) is 67.4 Å². The van der Waals surface area contributed by atoms with E-state index in [4.69, 9.17) is 0 Å². The fraction of sp³-hybridized carbons (Fsp3) is 0.160. The Hall–Kier alpha value is -4.12. The molecule has 0 atom stereocenters. The van der Waals surface area contributed by atoms with Crippen molar-refractivity contribution in [1.29, 1.82) is 0 Å². The number of hydrogen-bond acceptors (Lipinski definition) is 6. The van der Waals surface area contributed by atoms with E-state index in [0.717, 1.165) is 12.1 Å². The normalized spacial score (nSPS) is 11.4. The topological polar surface area (TPSA) is 103 Å². The van der Waals surface area contributed by atoms with Crippen molar-refractivity contribution < 1.29 is 26.7 Å². The number of ether oxygens (including phenoxy) is 1. The molecule has 1 amide bonds. The van der Waals surface area contributed by atoms with Gasteiger partial charge in [0, 0.05) is 41.9 Å². The summed E-state index contributed by atoms with van der Waals surface area (Å²) in [7, 11) is -3.37. The smallest absolute Gasteiger partial charge is 0.411 e. The van der Waals surface area contributed by atoms with Crippen LogP contribution in [0.25, 0.3) is 22.4 Å². The number of nitrogens with one attached hydrogen (secondary N) is 1. The summed E-state index contributed by atoms with van der Waals surface area (Å²) in [6, 6.07) is 8.32. The Balaban J connectivity index is 2.07. The fourth-order valence-corrected chi connectivity index (χ4v) is 5.41. The molecule has 1 N–H and O–H groups in total. The highest BCUT2D eigenvalue weighted by Gasteiger charge is 2.30. The van der Waals surface area contributed by atoms with Gasteiger partial charge in [0.05, 0.1) is 12.0 Å². The Morgan fingerprint density at radius 1 is 1.08 bits per heavy atom. The summed E-state index contributed by atoms with van der Waals surface area (Å²) in [4.78, 5) is 14.9. The van der Waals surface area contributed by atoms with Crippen molar-refractivity contribution >= 4 is 21.6 Å². The van der Waals surface area contributed by atoms with E-state index in [9.17, 15) is 22.0 Å². The molecular formula is C25H22F2N4O4S. The fourth-order valence-electron chi connectivity index (χ4n) is 3.81. The van der Waals surface area contributed by atoms with Crippen molar-refractivity contribution in [1.82, 2.24) is 14.8 Å². The summed E-state index contributed by atoms with van der Waals surface area (Å²) >= 11 is 0. The lowest BCUT2D eigenvalue weighted by Crippen LogP contribution is -2.14. The lowest BCUT2D eigenvalue weighted by Gasteiger charge is -2.17. The Bertz CT molecular complexity index is 1550. The highest BCUT2D eigenvalue weighted by atomic mass is 32.2. The van der Waals surface area contributed by atoms with Crippen LogP contribution in [0.5, 0.6) is 0 Å². The van der Waals surface area contributed by atoms with E-state index in [1.807, 2.05) is 6.92 Å². The van der Waals surface area contributed by atoms with Gasteiger partial charge in [-0.3, -0.25) is 15.0 Å². The van der Waals surface area contributed by atoms with E-state index in [-0.39, 0.29) is 21.8 Å². The molecule has 0 aliphatic heterocycles. The molecule has 4 aromatic rings. The molecule has 8 nitrogen and oxygen atoms in total. The first-order valence-electron chi connectivity index (χ1n) is 10.8. The Morgan fingerprint density at radius 3 is 2.47 bits per heavy atom. The maximum absolute atomic E-state index is 14.6. The second-order valence-corrected chi connectivity index (χ2v) is 9.68. The minimum atomic E-state index is -4.56. The average molecular weight is 513 g/mol. The third kappa shape index (κ3) is 4.57. The first-order chi connectivity index (χ1) is 17.2. The summed E-state index contributed by atoms with van der Waals surface area (Å²) in [5.74, 6) is -1.99. The SMILES string of the molecule is CCn1cc(-c2ccncc2)c(-c2c(S(=O)(=O)c3cc(F)ccc3F)ccc(NC(=O)OC)c2C)n1. The minimum absolute atomic E-state index is 0.131.